The zero-order valence-electron chi connectivity index (χ0n) is 14.0. The number of aliphatic hydroxyl groups is 1. The van der Waals surface area contributed by atoms with Crippen LogP contribution < -0.4 is 0 Å². The van der Waals surface area contributed by atoms with Crippen LogP contribution in [0, 0.1) is 5.92 Å². The Balaban J connectivity index is 3.12. The molecule has 130 valence electrons. The monoisotopic (exact) mass is 328 g/mol. The van der Waals surface area contributed by atoms with Gasteiger partial charge in [0.1, 0.15) is 5.60 Å². The molecule has 0 saturated carbocycles. The highest BCUT2D eigenvalue weighted by molar-refractivity contribution is 5.74. The number of esters is 1. The van der Waals surface area contributed by atoms with Crippen molar-refractivity contribution in [3.05, 3.63) is 35.4 Å². The second kappa shape index (κ2) is 8.96. The molecule has 0 aliphatic rings. The molecule has 0 spiro atoms. The fourth-order valence-electron chi connectivity index (χ4n) is 2.68. The Morgan fingerprint density at radius 2 is 1.83 bits per heavy atom. The van der Waals surface area contributed by atoms with Crippen LogP contribution in [0.5, 0.6) is 0 Å². The fourth-order valence-corrected chi connectivity index (χ4v) is 2.68. The van der Waals surface area contributed by atoms with E-state index in [1.54, 1.807) is 26.0 Å². The van der Waals surface area contributed by atoms with Gasteiger partial charge < -0.3 is 9.84 Å². The third-order valence-corrected chi connectivity index (χ3v) is 4.12. The first kappa shape index (κ1) is 19.6. The van der Waals surface area contributed by atoms with Crippen LogP contribution in [-0.4, -0.2) is 24.1 Å². The topological polar surface area (TPSA) is 46.5 Å². The molecular weight excluding hydrogens is 302 g/mol. The summed E-state index contributed by atoms with van der Waals surface area (Å²) in [6, 6.07) is 6.89. The van der Waals surface area contributed by atoms with Crippen LogP contribution in [0.15, 0.2) is 24.3 Å². The second-order valence-corrected chi connectivity index (χ2v) is 5.64. The third-order valence-electron chi connectivity index (χ3n) is 4.12. The summed E-state index contributed by atoms with van der Waals surface area (Å²) in [7, 11) is 0. The molecule has 0 heterocycles. The van der Waals surface area contributed by atoms with Gasteiger partial charge in [0.15, 0.2) is 5.92 Å². The van der Waals surface area contributed by atoms with Gasteiger partial charge in [0.25, 0.3) is 6.43 Å². The molecule has 0 aromatic heterocycles. The lowest BCUT2D eigenvalue weighted by atomic mass is 9.79. The molecule has 0 fully saturated rings. The summed E-state index contributed by atoms with van der Waals surface area (Å²) >= 11 is 0. The van der Waals surface area contributed by atoms with E-state index < -0.39 is 23.9 Å². The number of alkyl halides is 2. The number of ether oxygens (including phenoxy) is 1. The Kier molecular flexibility index (Phi) is 7.62. The number of benzene rings is 1. The predicted octanol–water partition coefficient (Wildman–Crippen LogP) is 4.07. The van der Waals surface area contributed by atoms with Crippen LogP contribution in [0.2, 0.25) is 0 Å². The number of aryl methyl sites for hydroxylation is 1. The van der Waals surface area contributed by atoms with Crippen LogP contribution in [0.4, 0.5) is 8.78 Å². The van der Waals surface area contributed by atoms with E-state index in [4.69, 9.17) is 4.74 Å². The first-order valence-corrected chi connectivity index (χ1v) is 8.17. The SMILES string of the molecule is CCCCc1ccc(C(O)(CC)C(C(=O)OCC)C(F)F)cc1. The number of carbonyl (C=O) groups excluding carboxylic acids is 1. The Labute approximate surface area is 136 Å². The van der Waals surface area contributed by atoms with Crippen molar-refractivity contribution in [2.75, 3.05) is 6.61 Å². The predicted molar refractivity (Wildman–Crippen MR) is 85.4 cm³/mol. The minimum absolute atomic E-state index is 0.00218. The molecule has 0 saturated heterocycles. The molecule has 2 unspecified atom stereocenters. The number of halogens is 2. The molecule has 0 aliphatic carbocycles. The van der Waals surface area contributed by atoms with E-state index in [9.17, 15) is 18.7 Å². The molecule has 2 atom stereocenters. The van der Waals surface area contributed by atoms with Gasteiger partial charge in [-0.25, -0.2) is 8.78 Å². The van der Waals surface area contributed by atoms with Gasteiger partial charge in [-0.2, -0.15) is 0 Å². The zero-order valence-corrected chi connectivity index (χ0v) is 14.0. The lowest BCUT2D eigenvalue weighted by Gasteiger charge is -2.34. The number of rotatable bonds is 9. The molecule has 3 nitrogen and oxygen atoms in total. The summed E-state index contributed by atoms with van der Waals surface area (Å²) in [6.07, 6.45) is 0.00229. The molecule has 1 N–H and O–H groups in total. The van der Waals surface area contributed by atoms with E-state index in [0.29, 0.717) is 5.56 Å². The quantitative estimate of drug-likeness (QED) is 0.695. The van der Waals surface area contributed by atoms with E-state index in [1.165, 1.54) is 0 Å². The van der Waals surface area contributed by atoms with Crippen LogP contribution in [-0.2, 0) is 21.6 Å². The largest absolute Gasteiger partial charge is 0.466 e. The minimum atomic E-state index is -3.00. The van der Waals surface area contributed by atoms with Gasteiger partial charge in [0, 0.05) is 0 Å². The van der Waals surface area contributed by atoms with Crippen LogP contribution in [0.25, 0.3) is 0 Å². The molecular formula is C18H26F2O3. The molecule has 23 heavy (non-hydrogen) atoms. The standard InChI is InChI=1S/C18H26F2O3/c1-4-7-8-13-9-11-14(12-10-13)18(22,5-2)15(16(19)20)17(21)23-6-3/h9-12,15-16,22H,4-8H2,1-3H3. The number of carbonyl (C=O) groups is 1. The summed E-state index contributed by atoms with van der Waals surface area (Å²) in [5.41, 5.74) is -0.540. The van der Waals surface area contributed by atoms with Gasteiger partial charge in [-0.15, -0.1) is 0 Å². The summed E-state index contributed by atoms with van der Waals surface area (Å²) in [5, 5.41) is 10.8. The van der Waals surface area contributed by atoms with Crippen molar-refractivity contribution >= 4 is 5.97 Å². The summed E-state index contributed by atoms with van der Waals surface area (Å²) in [5.74, 6) is -2.96. The molecule has 0 amide bonds. The van der Waals surface area contributed by atoms with E-state index in [0.717, 1.165) is 24.8 Å². The van der Waals surface area contributed by atoms with Crippen molar-refractivity contribution < 1.29 is 23.4 Å². The molecule has 1 aromatic rings. The van der Waals surface area contributed by atoms with E-state index in [2.05, 4.69) is 6.92 Å². The molecule has 1 rings (SSSR count). The van der Waals surface area contributed by atoms with E-state index in [-0.39, 0.29) is 13.0 Å². The molecule has 5 heteroatoms. The number of unbranched alkanes of at least 4 members (excludes halogenated alkanes) is 1. The van der Waals surface area contributed by atoms with Crippen LogP contribution in [0.3, 0.4) is 0 Å². The van der Waals surface area contributed by atoms with Gasteiger partial charge in [-0.1, -0.05) is 44.5 Å². The summed E-state index contributed by atoms with van der Waals surface area (Å²) in [4.78, 5) is 11.9. The Bertz CT molecular complexity index is 488. The maximum absolute atomic E-state index is 13.4. The average molecular weight is 328 g/mol. The third kappa shape index (κ3) is 4.74. The zero-order chi connectivity index (χ0) is 17.5. The minimum Gasteiger partial charge on any atom is -0.466 e. The highest BCUT2D eigenvalue weighted by Crippen LogP contribution is 2.37. The van der Waals surface area contributed by atoms with Crippen LogP contribution >= 0.6 is 0 Å². The molecule has 0 radical (unpaired) electrons. The van der Waals surface area contributed by atoms with Gasteiger partial charge >= 0.3 is 5.97 Å². The van der Waals surface area contributed by atoms with Gasteiger partial charge in [-0.3, -0.25) is 4.79 Å². The second-order valence-electron chi connectivity index (χ2n) is 5.64. The van der Waals surface area contributed by atoms with E-state index >= 15 is 0 Å². The highest BCUT2D eigenvalue weighted by Gasteiger charge is 2.48. The van der Waals surface area contributed by atoms with Crippen molar-refractivity contribution in [1.29, 1.82) is 0 Å². The highest BCUT2D eigenvalue weighted by atomic mass is 19.3. The first-order valence-electron chi connectivity index (χ1n) is 8.17. The van der Waals surface area contributed by atoms with Gasteiger partial charge in [0.05, 0.1) is 6.61 Å². The smallest absolute Gasteiger partial charge is 0.318 e. The summed E-state index contributed by atoms with van der Waals surface area (Å²) < 4.78 is 31.6. The Morgan fingerprint density at radius 1 is 1.22 bits per heavy atom. The maximum Gasteiger partial charge on any atom is 0.318 e. The normalized spacial score (nSPS) is 15.3. The lowest BCUT2D eigenvalue weighted by molar-refractivity contribution is -0.172. The first-order chi connectivity index (χ1) is 10.9. The van der Waals surface area contributed by atoms with E-state index in [1.807, 2.05) is 12.1 Å². The van der Waals surface area contributed by atoms with Crippen molar-refractivity contribution in [1.82, 2.24) is 0 Å². The fraction of sp³-hybridized carbons (Fsp3) is 0.611. The van der Waals surface area contributed by atoms with Crippen molar-refractivity contribution in [2.24, 2.45) is 5.92 Å². The Hall–Kier alpha value is -1.49. The molecule has 0 bridgehead atoms. The number of hydrogen-bond donors (Lipinski definition) is 1. The lowest BCUT2D eigenvalue weighted by Crippen LogP contribution is -2.44. The van der Waals surface area contributed by atoms with Crippen molar-refractivity contribution in [3.63, 3.8) is 0 Å². The maximum atomic E-state index is 13.4. The number of hydrogen-bond acceptors (Lipinski definition) is 3. The van der Waals surface area contributed by atoms with Gasteiger partial charge in [0.2, 0.25) is 0 Å². The van der Waals surface area contributed by atoms with Crippen molar-refractivity contribution in [2.45, 2.75) is 58.5 Å². The molecule has 0 aliphatic heterocycles. The van der Waals surface area contributed by atoms with Gasteiger partial charge in [-0.05, 0) is 37.3 Å². The van der Waals surface area contributed by atoms with Crippen LogP contribution in [0.1, 0.15) is 51.2 Å². The Morgan fingerprint density at radius 3 is 2.26 bits per heavy atom. The average Bonchev–Trinajstić information content (AvgIpc) is 2.53. The molecule has 1 aromatic carbocycles. The summed E-state index contributed by atoms with van der Waals surface area (Å²) in [6.45, 7) is 5.22. The van der Waals surface area contributed by atoms with Crippen molar-refractivity contribution in [3.8, 4) is 0 Å².